The average molecular weight is 479 g/mol. The van der Waals surface area contributed by atoms with Crippen LogP contribution in [0.4, 0.5) is 0 Å². The van der Waals surface area contributed by atoms with E-state index in [4.69, 9.17) is 9.47 Å². The minimum atomic E-state index is -0.677. The largest absolute Gasteiger partial charge is 0.466 e. The van der Waals surface area contributed by atoms with Gasteiger partial charge in [0.05, 0.1) is 35.8 Å². The number of rotatable bonds is 7. The monoisotopic (exact) mass is 478 g/mol. The molecular weight excluding hydrogens is 452 g/mol. The maximum atomic E-state index is 12.6. The van der Waals surface area contributed by atoms with Crippen molar-refractivity contribution >= 4 is 29.7 Å². The molecule has 1 fully saturated rings. The quantitative estimate of drug-likeness (QED) is 0.444. The maximum Gasteiger partial charge on any atom is 0.338 e. The fourth-order valence-corrected chi connectivity index (χ4v) is 4.29. The highest BCUT2D eigenvalue weighted by Crippen LogP contribution is 2.24. The zero-order valence-corrected chi connectivity index (χ0v) is 19.4. The summed E-state index contributed by atoms with van der Waals surface area (Å²) in [5.74, 6) is -2.22. The van der Waals surface area contributed by atoms with Gasteiger partial charge in [0.25, 0.3) is 17.7 Å². The van der Waals surface area contributed by atoms with E-state index in [1.54, 1.807) is 60.4 Å². The molecule has 0 N–H and O–H groups in total. The van der Waals surface area contributed by atoms with Gasteiger partial charge in [-0.25, -0.2) is 4.79 Å². The summed E-state index contributed by atoms with van der Waals surface area (Å²) in [7, 11) is 0. The SMILES string of the molecule is CCOC(=O)C1CCN(C(=O)COC(=O)c2cccc(CN3C(=O)c4ccccc4C3=O)c2)CC1. The number of benzene rings is 2. The van der Waals surface area contributed by atoms with Gasteiger partial charge >= 0.3 is 11.9 Å². The molecule has 2 aromatic rings. The molecule has 0 bridgehead atoms. The fraction of sp³-hybridized carbons (Fsp3) is 0.346. The summed E-state index contributed by atoms with van der Waals surface area (Å²) in [6.07, 6.45) is 1.02. The molecule has 2 aliphatic rings. The lowest BCUT2D eigenvalue weighted by Gasteiger charge is -2.30. The Morgan fingerprint density at radius 1 is 0.914 bits per heavy atom. The highest BCUT2D eigenvalue weighted by molar-refractivity contribution is 6.21. The molecule has 2 heterocycles. The standard InChI is InChI=1S/C26H26N2O7/c1-2-34-25(32)18-10-12-27(13-11-18)22(29)16-35-26(33)19-7-5-6-17(14-19)15-28-23(30)20-8-3-4-9-21(20)24(28)31/h3-9,14,18H,2,10-13,15-16H2,1H3. The lowest BCUT2D eigenvalue weighted by molar-refractivity contribution is -0.151. The molecule has 0 atom stereocenters. The van der Waals surface area contributed by atoms with E-state index in [1.807, 2.05) is 0 Å². The highest BCUT2D eigenvalue weighted by atomic mass is 16.5. The van der Waals surface area contributed by atoms with Crippen LogP contribution in [-0.4, -0.2) is 65.8 Å². The molecular formula is C26H26N2O7. The summed E-state index contributed by atoms with van der Waals surface area (Å²) in [6, 6.07) is 13.1. The second kappa shape index (κ2) is 10.5. The van der Waals surface area contributed by atoms with Crippen LogP contribution in [0, 0.1) is 5.92 Å². The Bertz CT molecular complexity index is 1130. The molecule has 0 unspecified atom stereocenters. The molecule has 0 radical (unpaired) electrons. The van der Waals surface area contributed by atoms with Crippen molar-refractivity contribution < 1.29 is 33.4 Å². The fourth-order valence-electron chi connectivity index (χ4n) is 4.29. The summed E-state index contributed by atoms with van der Waals surface area (Å²) in [5.41, 5.74) is 1.52. The number of carbonyl (C=O) groups excluding carboxylic acids is 5. The third-order valence-electron chi connectivity index (χ3n) is 6.18. The topological polar surface area (TPSA) is 110 Å². The van der Waals surface area contributed by atoms with Crippen LogP contribution in [-0.2, 0) is 25.6 Å². The van der Waals surface area contributed by atoms with Gasteiger partial charge in [-0.15, -0.1) is 0 Å². The molecule has 0 aliphatic carbocycles. The van der Waals surface area contributed by atoms with Gasteiger partial charge in [-0.3, -0.25) is 24.1 Å². The molecule has 35 heavy (non-hydrogen) atoms. The van der Waals surface area contributed by atoms with Crippen molar-refractivity contribution in [3.8, 4) is 0 Å². The molecule has 0 aromatic heterocycles. The van der Waals surface area contributed by atoms with E-state index in [1.165, 1.54) is 0 Å². The number of hydrogen-bond acceptors (Lipinski definition) is 7. The minimum absolute atomic E-state index is 0.0157. The van der Waals surface area contributed by atoms with E-state index in [-0.39, 0.29) is 41.7 Å². The first-order valence-corrected chi connectivity index (χ1v) is 11.5. The molecule has 2 aromatic carbocycles. The van der Waals surface area contributed by atoms with Gasteiger partial charge in [0, 0.05) is 13.1 Å². The van der Waals surface area contributed by atoms with Crippen molar-refractivity contribution in [1.29, 1.82) is 0 Å². The second-order valence-corrected chi connectivity index (χ2v) is 8.43. The number of fused-ring (bicyclic) bond motifs is 1. The molecule has 3 amide bonds. The van der Waals surface area contributed by atoms with Crippen molar-refractivity contribution in [3.63, 3.8) is 0 Å². The first-order valence-electron chi connectivity index (χ1n) is 11.5. The zero-order chi connectivity index (χ0) is 24.9. The Hall–Kier alpha value is -4.01. The third kappa shape index (κ3) is 5.24. The van der Waals surface area contributed by atoms with Crippen LogP contribution in [0.5, 0.6) is 0 Å². The summed E-state index contributed by atoms with van der Waals surface area (Å²) in [4.78, 5) is 64.7. The van der Waals surface area contributed by atoms with Gasteiger partial charge in [-0.1, -0.05) is 24.3 Å². The van der Waals surface area contributed by atoms with E-state index in [0.717, 1.165) is 4.90 Å². The normalized spacial score (nSPS) is 15.7. The Balaban J connectivity index is 1.30. The van der Waals surface area contributed by atoms with E-state index in [9.17, 15) is 24.0 Å². The van der Waals surface area contributed by atoms with E-state index >= 15 is 0 Å². The van der Waals surface area contributed by atoms with Gasteiger partial charge in [0.15, 0.2) is 6.61 Å². The first-order chi connectivity index (χ1) is 16.9. The summed E-state index contributed by atoms with van der Waals surface area (Å²) in [5, 5.41) is 0. The highest BCUT2D eigenvalue weighted by Gasteiger charge is 2.35. The van der Waals surface area contributed by atoms with Crippen molar-refractivity contribution in [2.75, 3.05) is 26.3 Å². The van der Waals surface area contributed by atoms with Crippen LogP contribution < -0.4 is 0 Å². The van der Waals surface area contributed by atoms with Crippen molar-refractivity contribution in [2.45, 2.75) is 26.3 Å². The molecule has 4 rings (SSSR count). The van der Waals surface area contributed by atoms with Crippen LogP contribution in [0.25, 0.3) is 0 Å². The Morgan fingerprint density at radius 3 is 2.20 bits per heavy atom. The van der Waals surface area contributed by atoms with Crippen LogP contribution in [0.15, 0.2) is 48.5 Å². The number of imide groups is 1. The molecule has 0 spiro atoms. The Labute approximate surface area is 202 Å². The number of amides is 3. The van der Waals surface area contributed by atoms with Gasteiger partial charge < -0.3 is 14.4 Å². The van der Waals surface area contributed by atoms with Crippen LogP contribution in [0.1, 0.15) is 56.4 Å². The molecule has 0 saturated carbocycles. The van der Waals surface area contributed by atoms with E-state index in [2.05, 4.69) is 0 Å². The van der Waals surface area contributed by atoms with Gasteiger partial charge in [-0.2, -0.15) is 0 Å². The van der Waals surface area contributed by atoms with Crippen LogP contribution >= 0.6 is 0 Å². The lowest BCUT2D eigenvalue weighted by Crippen LogP contribution is -2.42. The molecule has 182 valence electrons. The molecule has 9 heteroatoms. The number of piperidine rings is 1. The molecule has 9 nitrogen and oxygen atoms in total. The minimum Gasteiger partial charge on any atom is -0.466 e. The number of esters is 2. The van der Waals surface area contributed by atoms with Crippen molar-refractivity contribution in [1.82, 2.24) is 9.80 Å². The molecule has 2 aliphatic heterocycles. The summed E-state index contributed by atoms with van der Waals surface area (Å²) < 4.78 is 10.2. The number of likely N-dealkylation sites (tertiary alicyclic amines) is 1. The number of nitrogens with zero attached hydrogens (tertiary/aromatic N) is 2. The second-order valence-electron chi connectivity index (χ2n) is 8.43. The van der Waals surface area contributed by atoms with Crippen LogP contribution in [0.3, 0.4) is 0 Å². The first kappa shape index (κ1) is 24.1. The van der Waals surface area contributed by atoms with E-state index < -0.39 is 12.6 Å². The predicted molar refractivity (Wildman–Crippen MR) is 123 cm³/mol. The van der Waals surface area contributed by atoms with Crippen LogP contribution in [0.2, 0.25) is 0 Å². The summed E-state index contributed by atoms with van der Waals surface area (Å²) >= 11 is 0. The van der Waals surface area contributed by atoms with Gasteiger partial charge in [-0.05, 0) is 49.6 Å². The smallest absolute Gasteiger partial charge is 0.338 e. The average Bonchev–Trinajstić information content (AvgIpc) is 3.12. The lowest BCUT2D eigenvalue weighted by atomic mass is 9.97. The third-order valence-corrected chi connectivity index (χ3v) is 6.18. The number of ether oxygens (including phenoxy) is 2. The predicted octanol–water partition coefficient (Wildman–Crippen LogP) is 2.44. The van der Waals surface area contributed by atoms with E-state index in [0.29, 0.717) is 49.2 Å². The zero-order valence-electron chi connectivity index (χ0n) is 19.4. The molecule has 1 saturated heterocycles. The Kier molecular flexibility index (Phi) is 7.24. The van der Waals surface area contributed by atoms with Gasteiger partial charge in [0.1, 0.15) is 0 Å². The van der Waals surface area contributed by atoms with Crippen molar-refractivity contribution in [2.24, 2.45) is 5.92 Å². The van der Waals surface area contributed by atoms with Crippen molar-refractivity contribution in [3.05, 3.63) is 70.8 Å². The Morgan fingerprint density at radius 2 is 1.57 bits per heavy atom. The maximum absolute atomic E-state index is 12.6. The number of hydrogen-bond donors (Lipinski definition) is 0. The van der Waals surface area contributed by atoms with Gasteiger partial charge in [0.2, 0.25) is 0 Å². The summed E-state index contributed by atoms with van der Waals surface area (Å²) in [6.45, 7) is 2.48. The number of carbonyl (C=O) groups is 5.